The van der Waals surface area contributed by atoms with Crippen molar-refractivity contribution in [3.8, 4) is 0 Å². The van der Waals surface area contributed by atoms with Crippen molar-refractivity contribution in [2.75, 3.05) is 19.1 Å². The molecule has 0 spiro atoms. The Balaban J connectivity index is 2.99. The molecule has 0 fully saturated rings. The van der Waals surface area contributed by atoms with E-state index in [9.17, 15) is 9.59 Å². The molecule has 6 heteroatoms. The molecule has 1 rings (SSSR count). The smallest absolute Gasteiger partial charge is 0.356 e. The van der Waals surface area contributed by atoms with Crippen molar-refractivity contribution in [1.29, 1.82) is 0 Å². The van der Waals surface area contributed by atoms with E-state index in [1.54, 1.807) is 31.2 Å². The molecular formula is C14H17NO3S2. The Kier molecular flexibility index (Phi) is 7.25. The fourth-order valence-electron chi connectivity index (χ4n) is 1.45. The Morgan fingerprint density at radius 1 is 1.15 bits per heavy atom. The van der Waals surface area contributed by atoms with Crippen molar-refractivity contribution in [2.24, 2.45) is 0 Å². The predicted octanol–water partition coefficient (Wildman–Crippen LogP) is 2.87. The van der Waals surface area contributed by atoms with Crippen LogP contribution >= 0.6 is 23.5 Å². The first-order valence-corrected chi connectivity index (χ1v) is 8.44. The van der Waals surface area contributed by atoms with Gasteiger partial charge in [0.2, 0.25) is 0 Å². The Morgan fingerprint density at radius 3 is 2.25 bits per heavy atom. The van der Waals surface area contributed by atoms with Crippen LogP contribution in [0.3, 0.4) is 0 Å². The lowest BCUT2D eigenvalue weighted by Gasteiger charge is -2.12. The summed E-state index contributed by atoms with van der Waals surface area (Å²) in [5.41, 5.74) is 0.691. The van der Waals surface area contributed by atoms with Gasteiger partial charge in [-0.15, -0.1) is 23.5 Å². The summed E-state index contributed by atoms with van der Waals surface area (Å²) in [6.45, 7) is 1.99. The molecule has 0 unspecified atom stereocenters. The molecule has 0 heterocycles. The first kappa shape index (κ1) is 16.7. The summed E-state index contributed by atoms with van der Waals surface area (Å²) in [5.74, 6) is -0.843. The molecule has 4 nitrogen and oxygen atoms in total. The van der Waals surface area contributed by atoms with E-state index in [1.165, 1.54) is 23.5 Å². The molecule has 0 bridgehead atoms. The summed E-state index contributed by atoms with van der Waals surface area (Å²) >= 11 is 2.79. The molecule has 1 amide bonds. The van der Waals surface area contributed by atoms with Crippen LogP contribution in [-0.4, -0.2) is 31.0 Å². The van der Waals surface area contributed by atoms with E-state index in [-0.39, 0.29) is 18.2 Å². The number of thioether (sulfide) groups is 2. The zero-order valence-corrected chi connectivity index (χ0v) is 13.3. The first-order valence-electron chi connectivity index (χ1n) is 5.99. The van der Waals surface area contributed by atoms with Crippen LogP contribution in [-0.2, 0) is 9.53 Å². The summed E-state index contributed by atoms with van der Waals surface area (Å²) in [6, 6.07) is 8.75. The van der Waals surface area contributed by atoms with Crippen molar-refractivity contribution in [3.05, 3.63) is 45.8 Å². The minimum atomic E-state index is -0.518. The third-order valence-corrected chi connectivity index (χ3v) is 4.48. The van der Waals surface area contributed by atoms with Gasteiger partial charge in [0.15, 0.2) is 0 Å². The molecule has 1 aromatic carbocycles. The van der Waals surface area contributed by atoms with E-state index in [0.29, 0.717) is 9.80 Å². The van der Waals surface area contributed by atoms with Crippen LogP contribution in [0.1, 0.15) is 17.3 Å². The van der Waals surface area contributed by atoms with Gasteiger partial charge in [0.05, 0.1) is 10.8 Å². The number of benzene rings is 1. The Labute approximate surface area is 127 Å². The summed E-state index contributed by atoms with van der Waals surface area (Å²) in [6.07, 6.45) is 3.69. The molecule has 1 aromatic rings. The largest absolute Gasteiger partial charge is 0.461 e. The maximum Gasteiger partial charge on any atom is 0.356 e. The van der Waals surface area contributed by atoms with Gasteiger partial charge in [-0.25, -0.2) is 4.79 Å². The van der Waals surface area contributed by atoms with E-state index in [0.717, 1.165) is 0 Å². The topological polar surface area (TPSA) is 55.4 Å². The number of esters is 1. The first-order chi connectivity index (χ1) is 9.63. The summed E-state index contributed by atoms with van der Waals surface area (Å²) in [5, 5.41) is 2.64. The van der Waals surface area contributed by atoms with Gasteiger partial charge in [0, 0.05) is 5.56 Å². The lowest BCUT2D eigenvalue weighted by atomic mass is 10.2. The maximum atomic E-state index is 12.1. The molecule has 0 radical (unpaired) electrons. The minimum absolute atomic E-state index is 0.195. The minimum Gasteiger partial charge on any atom is -0.461 e. The van der Waals surface area contributed by atoms with Crippen LogP contribution in [0.15, 0.2) is 40.3 Å². The van der Waals surface area contributed by atoms with Crippen LogP contribution in [0, 0.1) is 0 Å². The standard InChI is InChI=1S/C14H17NO3S2/c1-4-18-13(17)11(14(19-2)20-3)15-12(16)10-8-6-5-7-9-10/h5-9H,4H2,1-3H3,(H,15,16). The van der Waals surface area contributed by atoms with E-state index < -0.39 is 5.97 Å². The summed E-state index contributed by atoms with van der Waals surface area (Å²) in [4.78, 5) is 24.1. The van der Waals surface area contributed by atoms with Crippen molar-refractivity contribution in [3.63, 3.8) is 0 Å². The van der Waals surface area contributed by atoms with E-state index >= 15 is 0 Å². The predicted molar refractivity (Wildman–Crippen MR) is 84.6 cm³/mol. The SMILES string of the molecule is CCOC(=O)C(NC(=O)c1ccccc1)=C(SC)SC. The van der Waals surface area contributed by atoms with Gasteiger partial charge in [-0.1, -0.05) is 18.2 Å². The summed E-state index contributed by atoms with van der Waals surface area (Å²) in [7, 11) is 0. The molecule has 0 saturated heterocycles. The van der Waals surface area contributed by atoms with E-state index in [1.807, 2.05) is 18.6 Å². The number of hydrogen-bond donors (Lipinski definition) is 1. The molecule has 0 aromatic heterocycles. The fraction of sp³-hybridized carbons (Fsp3) is 0.286. The Hall–Kier alpha value is -1.40. The quantitative estimate of drug-likeness (QED) is 0.647. The number of nitrogens with one attached hydrogen (secondary N) is 1. The lowest BCUT2D eigenvalue weighted by molar-refractivity contribution is -0.138. The normalized spacial score (nSPS) is 9.75. The zero-order valence-electron chi connectivity index (χ0n) is 11.6. The molecule has 20 heavy (non-hydrogen) atoms. The number of amides is 1. The van der Waals surface area contributed by atoms with Crippen molar-refractivity contribution >= 4 is 35.4 Å². The second-order valence-electron chi connectivity index (χ2n) is 3.61. The van der Waals surface area contributed by atoms with Crippen LogP contribution in [0.2, 0.25) is 0 Å². The number of carbonyl (C=O) groups excluding carboxylic acids is 2. The van der Waals surface area contributed by atoms with Gasteiger partial charge in [-0.2, -0.15) is 0 Å². The van der Waals surface area contributed by atoms with Gasteiger partial charge < -0.3 is 10.1 Å². The highest BCUT2D eigenvalue weighted by Crippen LogP contribution is 2.27. The molecule has 0 aliphatic carbocycles. The average molecular weight is 311 g/mol. The average Bonchev–Trinajstić information content (AvgIpc) is 2.48. The van der Waals surface area contributed by atoms with Crippen LogP contribution in [0.5, 0.6) is 0 Å². The van der Waals surface area contributed by atoms with Gasteiger partial charge >= 0.3 is 5.97 Å². The number of carbonyl (C=O) groups is 2. The van der Waals surface area contributed by atoms with Gasteiger partial charge in [-0.05, 0) is 31.6 Å². The monoisotopic (exact) mass is 311 g/mol. The zero-order chi connectivity index (χ0) is 15.0. The number of rotatable bonds is 6. The van der Waals surface area contributed by atoms with Gasteiger partial charge in [0.25, 0.3) is 5.91 Å². The second kappa shape index (κ2) is 8.71. The van der Waals surface area contributed by atoms with Crippen LogP contribution in [0.4, 0.5) is 0 Å². The third kappa shape index (κ3) is 4.61. The molecular weight excluding hydrogens is 294 g/mol. The Morgan fingerprint density at radius 2 is 1.75 bits per heavy atom. The molecule has 0 aliphatic heterocycles. The molecule has 0 saturated carbocycles. The highest BCUT2D eigenvalue weighted by molar-refractivity contribution is 8.21. The van der Waals surface area contributed by atoms with E-state index in [2.05, 4.69) is 5.32 Å². The van der Waals surface area contributed by atoms with Crippen LogP contribution in [0.25, 0.3) is 0 Å². The Bertz CT molecular complexity index is 494. The molecule has 108 valence electrons. The molecule has 1 N–H and O–H groups in total. The molecule has 0 aliphatic rings. The lowest BCUT2D eigenvalue weighted by Crippen LogP contribution is -2.29. The fourth-order valence-corrected chi connectivity index (χ4v) is 2.79. The van der Waals surface area contributed by atoms with E-state index in [4.69, 9.17) is 4.74 Å². The highest BCUT2D eigenvalue weighted by atomic mass is 32.2. The number of hydrogen-bond acceptors (Lipinski definition) is 5. The van der Waals surface area contributed by atoms with Crippen molar-refractivity contribution in [1.82, 2.24) is 5.32 Å². The van der Waals surface area contributed by atoms with Crippen LogP contribution < -0.4 is 5.32 Å². The van der Waals surface area contributed by atoms with Gasteiger partial charge in [-0.3, -0.25) is 4.79 Å². The van der Waals surface area contributed by atoms with Gasteiger partial charge in [0.1, 0.15) is 5.70 Å². The van der Waals surface area contributed by atoms with Crippen molar-refractivity contribution < 1.29 is 14.3 Å². The molecule has 0 atom stereocenters. The maximum absolute atomic E-state index is 12.1. The third-order valence-electron chi connectivity index (χ3n) is 2.33. The highest BCUT2D eigenvalue weighted by Gasteiger charge is 2.19. The summed E-state index contributed by atoms with van der Waals surface area (Å²) < 4.78 is 5.70. The number of ether oxygens (including phenoxy) is 1. The van der Waals surface area contributed by atoms with Crippen molar-refractivity contribution in [2.45, 2.75) is 6.92 Å². The second-order valence-corrected chi connectivity index (χ2v) is 5.50.